The lowest BCUT2D eigenvalue weighted by Crippen LogP contribution is -2.60. The van der Waals surface area contributed by atoms with Gasteiger partial charge in [-0.1, -0.05) is 18.2 Å². The molecule has 1 aromatic carbocycles. The molecule has 1 N–H and O–H groups in total. The summed E-state index contributed by atoms with van der Waals surface area (Å²) in [6.45, 7) is 7.50. The summed E-state index contributed by atoms with van der Waals surface area (Å²) in [4.78, 5) is 13.5. The van der Waals surface area contributed by atoms with Crippen LogP contribution in [0.3, 0.4) is 0 Å². The van der Waals surface area contributed by atoms with E-state index in [1.807, 2.05) is 45.0 Å². The first-order valence-corrected chi connectivity index (χ1v) is 7.08. The van der Waals surface area contributed by atoms with E-state index in [1.165, 1.54) is 0 Å². The van der Waals surface area contributed by atoms with E-state index in [0.29, 0.717) is 25.2 Å². The number of hydrogen-bond donors (Lipinski definition) is 1. The SMILES string of the molecule is CC(C)(C)OC(=O)N1CC(NCc2ccccc2C#N)C1. The number of carbonyl (C=O) groups is 1. The van der Waals surface area contributed by atoms with Crippen molar-refractivity contribution in [2.75, 3.05) is 13.1 Å². The third-order valence-electron chi connectivity index (χ3n) is 3.25. The third-order valence-corrected chi connectivity index (χ3v) is 3.25. The molecule has 5 nitrogen and oxygen atoms in total. The fourth-order valence-corrected chi connectivity index (χ4v) is 2.12. The highest BCUT2D eigenvalue weighted by Crippen LogP contribution is 2.16. The number of hydrogen-bond acceptors (Lipinski definition) is 4. The summed E-state index contributed by atoms with van der Waals surface area (Å²) >= 11 is 0. The van der Waals surface area contributed by atoms with Gasteiger partial charge < -0.3 is 15.0 Å². The fraction of sp³-hybridized carbons (Fsp3) is 0.500. The smallest absolute Gasteiger partial charge is 0.410 e. The second kappa shape index (κ2) is 6.15. The molecule has 1 heterocycles. The minimum atomic E-state index is -0.457. The molecule has 1 fully saturated rings. The van der Waals surface area contributed by atoms with Crippen molar-refractivity contribution < 1.29 is 9.53 Å². The van der Waals surface area contributed by atoms with Crippen LogP contribution in [0.4, 0.5) is 4.79 Å². The van der Waals surface area contributed by atoms with E-state index < -0.39 is 5.60 Å². The standard InChI is InChI=1S/C16H21N3O2/c1-16(2,3)21-15(20)19-10-14(11-19)18-9-13-7-5-4-6-12(13)8-17/h4-7,14,18H,9-11H2,1-3H3. The molecule has 1 amide bonds. The van der Waals surface area contributed by atoms with E-state index in [1.54, 1.807) is 4.90 Å². The van der Waals surface area contributed by atoms with Crippen LogP contribution in [-0.2, 0) is 11.3 Å². The summed E-state index contributed by atoms with van der Waals surface area (Å²) in [5.74, 6) is 0. The number of rotatable bonds is 3. The number of benzene rings is 1. The Morgan fingerprint density at radius 1 is 1.43 bits per heavy atom. The van der Waals surface area contributed by atoms with Gasteiger partial charge in [0.25, 0.3) is 0 Å². The maximum atomic E-state index is 11.8. The number of nitrogens with one attached hydrogen (secondary N) is 1. The zero-order chi connectivity index (χ0) is 15.5. The molecule has 1 aliphatic rings. The number of likely N-dealkylation sites (tertiary alicyclic amines) is 1. The van der Waals surface area contributed by atoms with Crippen molar-refractivity contribution in [3.8, 4) is 6.07 Å². The molecule has 1 saturated heterocycles. The first kappa shape index (κ1) is 15.3. The van der Waals surface area contributed by atoms with Crippen molar-refractivity contribution in [3.05, 3.63) is 35.4 Å². The minimum absolute atomic E-state index is 0.254. The Hall–Kier alpha value is -2.06. The monoisotopic (exact) mass is 287 g/mol. The van der Waals surface area contributed by atoms with Gasteiger partial charge in [0.05, 0.1) is 11.6 Å². The van der Waals surface area contributed by atoms with Crippen molar-refractivity contribution in [1.29, 1.82) is 5.26 Å². The molecular weight excluding hydrogens is 266 g/mol. The number of nitrogens with zero attached hydrogens (tertiary/aromatic N) is 2. The molecule has 0 bridgehead atoms. The van der Waals surface area contributed by atoms with E-state index in [4.69, 9.17) is 10.00 Å². The van der Waals surface area contributed by atoms with Crippen molar-refractivity contribution in [3.63, 3.8) is 0 Å². The molecule has 0 atom stereocenters. The Balaban J connectivity index is 1.76. The van der Waals surface area contributed by atoms with Crippen molar-refractivity contribution in [2.24, 2.45) is 0 Å². The second-order valence-electron chi connectivity index (χ2n) is 6.23. The molecule has 1 aliphatic heterocycles. The number of nitriles is 1. The second-order valence-corrected chi connectivity index (χ2v) is 6.23. The number of carbonyl (C=O) groups excluding carboxylic acids is 1. The van der Waals surface area contributed by atoms with Gasteiger partial charge in [0.1, 0.15) is 5.60 Å². The maximum absolute atomic E-state index is 11.8. The van der Waals surface area contributed by atoms with Gasteiger partial charge in [-0.15, -0.1) is 0 Å². The average molecular weight is 287 g/mol. The summed E-state index contributed by atoms with van der Waals surface area (Å²) in [6, 6.07) is 9.97. The first-order chi connectivity index (χ1) is 9.89. The maximum Gasteiger partial charge on any atom is 0.410 e. The Labute approximate surface area is 125 Å². The molecule has 0 aliphatic carbocycles. The van der Waals surface area contributed by atoms with Crippen LogP contribution in [0, 0.1) is 11.3 Å². The molecule has 0 spiro atoms. The van der Waals surface area contributed by atoms with E-state index in [9.17, 15) is 4.79 Å². The van der Waals surface area contributed by atoms with E-state index in [0.717, 1.165) is 5.56 Å². The van der Waals surface area contributed by atoms with E-state index in [-0.39, 0.29) is 12.1 Å². The minimum Gasteiger partial charge on any atom is -0.444 e. The Morgan fingerprint density at radius 2 is 2.10 bits per heavy atom. The lowest BCUT2D eigenvalue weighted by molar-refractivity contribution is 0.00518. The largest absolute Gasteiger partial charge is 0.444 e. The molecular formula is C16H21N3O2. The lowest BCUT2D eigenvalue weighted by atomic mass is 10.1. The Morgan fingerprint density at radius 3 is 2.71 bits per heavy atom. The van der Waals surface area contributed by atoms with E-state index >= 15 is 0 Å². The summed E-state index contributed by atoms with van der Waals surface area (Å²) in [5, 5.41) is 12.4. The van der Waals surface area contributed by atoms with Crippen LogP contribution in [-0.4, -0.2) is 35.7 Å². The number of amides is 1. The van der Waals surface area contributed by atoms with Crippen LogP contribution in [0.5, 0.6) is 0 Å². The van der Waals surface area contributed by atoms with Crippen LogP contribution in [0.25, 0.3) is 0 Å². The highest BCUT2D eigenvalue weighted by Gasteiger charge is 2.33. The van der Waals surface area contributed by atoms with Gasteiger partial charge >= 0.3 is 6.09 Å². The van der Waals surface area contributed by atoms with Gasteiger partial charge in [-0.05, 0) is 32.4 Å². The summed E-state index contributed by atoms with van der Waals surface area (Å²) < 4.78 is 5.31. The van der Waals surface area contributed by atoms with E-state index in [2.05, 4.69) is 11.4 Å². The quantitative estimate of drug-likeness (QED) is 0.926. The predicted octanol–water partition coefficient (Wildman–Crippen LogP) is 2.27. The van der Waals surface area contributed by atoms with Crippen molar-refractivity contribution >= 4 is 6.09 Å². The van der Waals surface area contributed by atoms with Gasteiger partial charge in [0.15, 0.2) is 0 Å². The van der Waals surface area contributed by atoms with Gasteiger partial charge in [0.2, 0.25) is 0 Å². The van der Waals surface area contributed by atoms with Gasteiger partial charge in [-0.25, -0.2) is 4.79 Å². The summed E-state index contributed by atoms with van der Waals surface area (Å²) in [5.41, 5.74) is 1.21. The molecule has 5 heteroatoms. The van der Waals surface area contributed by atoms with Crippen LogP contribution >= 0.6 is 0 Å². The lowest BCUT2D eigenvalue weighted by Gasteiger charge is -2.40. The molecule has 1 aromatic rings. The molecule has 2 rings (SSSR count). The number of ether oxygens (including phenoxy) is 1. The summed E-state index contributed by atoms with van der Waals surface area (Å²) in [6.07, 6.45) is -0.266. The zero-order valence-electron chi connectivity index (χ0n) is 12.7. The Kier molecular flexibility index (Phi) is 4.49. The normalized spacial score (nSPS) is 15.2. The van der Waals surface area contributed by atoms with Gasteiger partial charge in [-0.2, -0.15) is 5.26 Å². The highest BCUT2D eigenvalue weighted by atomic mass is 16.6. The average Bonchev–Trinajstić information content (AvgIpc) is 2.35. The molecule has 0 saturated carbocycles. The summed E-state index contributed by atoms with van der Waals surface area (Å²) in [7, 11) is 0. The fourth-order valence-electron chi connectivity index (χ4n) is 2.12. The van der Waals surface area contributed by atoms with Crippen LogP contribution in [0.2, 0.25) is 0 Å². The zero-order valence-corrected chi connectivity index (χ0v) is 12.7. The van der Waals surface area contributed by atoms with Crippen molar-refractivity contribution in [2.45, 2.75) is 39.0 Å². The highest BCUT2D eigenvalue weighted by molar-refractivity contribution is 5.69. The van der Waals surface area contributed by atoms with Crippen molar-refractivity contribution in [1.82, 2.24) is 10.2 Å². The van der Waals surface area contributed by atoms with Crippen LogP contribution < -0.4 is 5.32 Å². The van der Waals surface area contributed by atoms with Gasteiger partial charge in [-0.3, -0.25) is 0 Å². The van der Waals surface area contributed by atoms with Crippen LogP contribution in [0.15, 0.2) is 24.3 Å². The third kappa shape index (κ3) is 4.20. The molecule has 21 heavy (non-hydrogen) atoms. The van der Waals surface area contributed by atoms with Crippen LogP contribution in [0.1, 0.15) is 31.9 Å². The first-order valence-electron chi connectivity index (χ1n) is 7.08. The molecule has 0 aromatic heterocycles. The molecule has 0 unspecified atom stereocenters. The topological polar surface area (TPSA) is 65.4 Å². The van der Waals surface area contributed by atoms with Gasteiger partial charge in [0, 0.05) is 25.7 Å². The molecule has 112 valence electrons. The molecule has 0 radical (unpaired) electrons. The predicted molar refractivity (Wildman–Crippen MR) is 79.6 cm³/mol. The Bertz CT molecular complexity index is 551.